The van der Waals surface area contributed by atoms with Crippen LogP contribution in [0.5, 0.6) is 5.75 Å². The van der Waals surface area contributed by atoms with E-state index in [1.54, 1.807) is 23.1 Å². The summed E-state index contributed by atoms with van der Waals surface area (Å²) in [5, 5.41) is 13.3. The van der Waals surface area contributed by atoms with Crippen molar-refractivity contribution in [3.63, 3.8) is 0 Å². The third kappa shape index (κ3) is 5.43. The van der Waals surface area contributed by atoms with Gasteiger partial charge in [-0.3, -0.25) is 4.57 Å². The van der Waals surface area contributed by atoms with Crippen molar-refractivity contribution in [1.29, 1.82) is 0 Å². The van der Waals surface area contributed by atoms with Crippen LogP contribution in [-0.4, -0.2) is 19.7 Å². The van der Waals surface area contributed by atoms with E-state index in [0.29, 0.717) is 17.3 Å². The number of allylic oxidation sites excluding steroid dienone is 1. The summed E-state index contributed by atoms with van der Waals surface area (Å²) in [5.41, 5.74) is 1.93. The zero-order valence-corrected chi connectivity index (χ0v) is 21.2. The molecule has 0 amide bonds. The van der Waals surface area contributed by atoms with E-state index in [4.69, 9.17) is 21.3 Å². The molecule has 2 aromatic carbocycles. The SMILES string of the molecule is C=CCn1c(SCc2csc(-c3ccccc3Cl)n2)nnc1C(C)Oc1ccc(Br)cc1. The molecule has 32 heavy (non-hydrogen) atoms. The molecule has 0 spiro atoms. The summed E-state index contributed by atoms with van der Waals surface area (Å²) in [5.74, 6) is 2.21. The van der Waals surface area contributed by atoms with Crippen LogP contribution < -0.4 is 4.74 Å². The molecule has 9 heteroatoms. The van der Waals surface area contributed by atoms with Crippen molar-refractivity contribution in [3.8, 4) is 16.3 Å². The Kier molecular flexibility index (Phi) is 7.67. The van der Waals surface area contributed by atoms with Gasteiger partial charge in [-0.25, -0.2) is 4.98 Å². The van der Waals surface area contributed by atoms with Crippen LogP contribution in [0.2, 0.25) is 5.02 Å². The van der Waals surface area contributed by atoms with Crippen LogP contribution in [0.4, 0.5) is 0 Å². The highest BCUT2D eigenvalue weighted by molar-refractivity contribution is 9.10. The maximum Gasteiger partial charge on any atom is 0.192 e. The Balaban J connectivity index is 1.47. The van der Waals surface area contributed by atoms with Gasteiger partial charge in [-0.1, -0.05) is 63.6 Å². The maximum atomic E-state index is 6.31. The van der Waals surface area contributed by atoms with Crippen molar-refractivity contribution in [3.05, 3.63) is 87.6 Å². The molecule has 0 aliphatic carbocycles. The first-order valence-corrected chi connectivity index (χ1v) is 12.9. The molecule has 0 saturated carbocycles. The molecule has 0 N–H and O–H groups in total. The van der Waals surface area contributed by atoms with E-state index in [1.165, 1.54) is 0 Å². The molecule has 1 atom stereocenters. The lowest BCUT2D eigenvalue weighted by atomic mass is 10.2. The Labute approximate surface area is 208 Å². The van der Waals surface area contributed by atoms with E-state index in [0.717, 1.165) is 37.5 Å². The van der Waals surface area contributed by atoms with Crippen LogP contribution >= 0.6 is 50.6 Å². The summed E-state index contributed by atoms with van der Waals surface area (Å²) in [6.07, 6.45) is 1.57. The molecular formula is C23H20BrClN4OS2. The predicted octanol–water partition coefficient (Wildman–Crippen LogP) is 7.44. The van der Waals surface area contributed by atoms with E-state index in [2.05, 4.69) is 38.1 Å². The van der Waals surface area contributed by atoms with Crippen LogP contribution in [0.3, 0.4) is 0 Å². The molecule has 164 valence electrons. The Bertz CT molecular complexity index is 1210. The van der Waals surface area contributed by atoms with Crippen LogP contribution in [0.25, 0.3) is 10.6 Å². The van der Waals surface area contributed by atoms with Gasteiger partial charge in [0.1, 0.15) is 10.8 Å². The molecule has 0 aliphatic heterocycles. The van der Waals surface area contributed by atoms with Crippen LogP contribution in [-0.2, 0) is 12.3 Å². The molecule has 5 nitrogen and oxygen atoms in total. The maximum absolute atomic E-state index is 6.31. The number of hydrogen-bond acceptors (Lipinski definition) is 6. The quantitative estimate of drug-likeness (QED) is 0.161. The van der Waals surface area contributed by atoms with Gasteiger partial charge in [0.2, 0.25) is 0 Å². The molecule has 2 heterocycles. The number of halogens is 2. The number of benzene rings is 2. The summed E-state index contributed by atoms with van der Waals surface area (Å²) in [6, 6.07) is 15.5. The van der Waals surface area contributed by atoms with Crippen molar-refractivity contribution >= 4 is 50.6 Å². The van der Waals surface area contributed by atoms with E-state index in [-0.39, 0.29) is 6.10 Å². The second-order valence-electron chi connectivity index (χ2n) is 6.87. The summed E-state index contributed by atoms with van der Waals surface area (Å²) in [4.78, 5) is 4.74. The molecule has 0 aliphatic rings. The van der Waals surface area contributed by atoms with Gasteiger partial charge in [-0.2, -0.15) is 0 Å². The Hall–Kier alpha value is -2.13. The average molecular weight is 548 g/mol. The fourth-order valence-electron chi connectivity index (χ4n) is 3.05. The zero-order valence-electron chi connectivity index (χ0n) is 17.2. The standard InChI is InChI=1S/C23H20BrClN4OS2/c1-3-12-29-21(15(2)30-18-10-8-16(24)9-11-18)27-28-23(29)32-14-17-13-31-22(26-17)19-6-4-5-7-20(19)25/h3-11,13,15H,1,12,14H2,2H3. The lowest BCUT2D eigenvalue weighted by molar-refractivity contribution is 0.210. The minimum atomic E-state index is -0.260. The number of aromatic nitrogens is 4. The lowest BCUT2D eigenvalue weighted by Crippen LogP contribution is -2.12. The molecule has 4 aromatic rings. The third-order valence-electron chi connectivity index (χ3n) is 4.55. The summed E-state index contributed by atoms with van der Waals surface area (Å²) >= 11 is 12.9. The van der Waals surface area contributed by atoms with E-state index >= 15 is 0 Å². The number of ether oxygens (including phenoxy) is 1. The van der Waals surface area contributed by atoms with Crippen molar-refractivity contribution in [2.24, 2.45) is 0 Å². The molecule has 2 aromatic heterocycles. The minimum absolute atomic E-state index is 0.260. The summed E-state index contributed by atoms with van der Waals surface area (Å²) < 4.78 is 9.11. The minimum Gasteiger partial charge on any atom is -0.483 e. The topological polar surface area (TPSA) is 52.8 Å². The molecule has 1 unspecified atom stereocenters. The van der Waals surface area contributed by atoms with Gasteiger partial charge >= 0.3 is 0 Å². The monoisotopic (exact) mass is 546 g/mol. The van der Waals surface area contributed by atoms with Gasteiger partial charge < -0.3 is 4.74 Å². The summed E-state index contributed by atoms with van der Waals surface area (Å²) in [7, 11) is 0. The second-order valence-corrected chi connectivity index (χ2v) is 9.99. The number of hydrogen-bond donors (Lipinski definition) is 0. The van der Waals surface area contributed by atoms with Crippen molar-refractivity contribution < 1.29 is 4.74 Å². The first-order chi connectivity index (χ1) is 15.5. The van der Waals surface area contributed by atoms with Crippen LogP contribution in [0.1, 0.15) is 24.5 Å². The molecule has 4 rings (SSSR count). The Morgan fingerprint density at radius 3 is 2.75 bits per heavy atom. The predicted molar refractivity (Wildman–Crippen MR) is 136 cm³/mol. The van der Waals surface area contributed by atoms with Gasteiger partial charge in [0.05, 0.1) is 10.7 Å². The highest BCUT2D eigenvalue weighted by Crippen LogP contribution is 2.32. The first-order valence-electron chi connectivity index (χ1n) is 9.83. The van der Waals surface area contributed by atoms with Crippen LogP contribution in [0, 0.1) is 0 Å². The second kappa shape index (κ2) is 10.7. The van der Waals surface area contributed by atoms with Gasteiger partial charge in [0.25, 0.3) is 0 Å². The number of nitrogens with zero attached hydrogens (tertiary/aromatic N) is 4. The van der Waals surface area contributed by atoms with E-state index in [1.807, 2.05) is 66.1 Å². The number of rotatable bonds is 9. The largest absolute Gasteiger partial charge is 0.483 e. The molecule has 0 fully saturated rings. The van der Waals surface area contributed by atoms with Gasteiger partial charge in [0, 0.05) is 27.7 Å². The van der Waals surface area contributed by atoms with Crippen molar-refractivity contribution in [2.75, 3.05) is 0 Å². The van der Waals surface area contributed by atoms with E-state index < -0.39 is 0 Å². The molecule has 0 bridgehead atoms. The smallest absolute Gasteiger partial charge is 0.192 e. The first kappa shape index (κ1) is 23.0. The fourth-order valence-corrected chi connectivity index (χ4v) is 5.41. The highest BCUT2D eigenvalue weighted by Gasteiger charge is 2.19. The highest BCUT2D eigenvalue weighted by atomic mass is 79.9. The van der Waals surface area contributed by atoms with Gasteiger partial charge in [-0.05, 0) is 37.3 Å². The van der Waals surface area contributed by atoms with Crippen LogP contribution in [0.15, 0.2) is 76.2 Å². The van der Waals surface area contributed by atoms with Crippen molar-refractivity contribution in [1.82, 2.24) is 19.7 Å². The molecular weight excluding hydrogens is 528 g/mol. The Morgan fingerprint density at radius 2 is 2.00 bits per heavy atom. The van der Waals surface area contributed by atoms with Crippen molar-refractivity contribution in [2.45, 2.75) is 30.5 Å². The zero-order chi connectivity index (χ0) is 22.5. The Morgan fingerprint density at radius 1 is 1.22 bits per heavy atom. The normalized spacial score (nSPS) is 12.0. The van der Waals surface area contributed by atoms with Gasteiger partial charge in [0.15, 0.2) is 17.1 Å². The lowest BCUT2D eigenvalue weighted by Gasteiger charge is -2.15. The van der Waals surface area contributed by atoms with E-state index in [9.17, 15) is 0 Å². The molecule has 0 saturated heterocycles. The third-order valence-corrected chi connectivity index (χ3v) is 7.34. The molecule has 0 radical (unpaired) electrons. The average Bonchev–Trinajstić information content (AvgIpc) is 3.42. The fraction of sp³-hybridized carbons (Fsp3) is 0.174. The van der Waals surface area contributed by atoms with Gasteiger partial charge in [-0.15, -0.1) is 28.1 Å². The number of thioether (sulfide) groups is 1. The summed E-state index contributed by atoms with van der Waals surface area (Å²) in [6.45, 7) is 6.45. The number of thiazole rings is 1.